The first-order chi connectivity index (χ1) is 8.94. The van der Waals surface area contributed by atoms with Gasteiger partial charge in [0.15, 0.2) is 0 Å². The number of allylic oxidation sites excluding steroid dienone is 1. The monoisotopic (exact) mass is 268 g/mol. The normalized spacial score (nSPS) is 27.1. The second kappa shape index (κ2) is 5.94. The first-order valence-corrected chi connectivity index (χ1v) is 6.76. The summed E-state index contributed by atoms with van der Waals surface area (Å²) in [5, 5.41) is 3.40. The van der Waals surface area contributed by atoms with Crippen LogP contribution in [0, 0.1) is 0 Å². The van der Waals surface area contributed by atoms with Crippen LogP contribution in [0.3, 0.4) is 0 Å². The van der Waals surface area contributed by atoms with Crippen LogP contribution in [0.1, 0.15) is 27.2 Å². The van der Waals surface area contributed by atoms with Gasteiger partial charge < -0.3 is 19.9 Å². The molecule has 1 heterocycles. The molecular formula is C14H24N2O3. The highest BCUT2D eigenvalue weighted by molar-refractivity contribution is 5.27. The summed E-state index contributed by atoms with van der Waals surface area (Å²) in [5.41, 5.74) is 6.39. The lowest BCUT2D eigenvalue weighted by Crippen LogP contribution is -2.49. The molecule has 108 valence electrons. The van der Waals surface area contributed by atoms with Crippen molar-refractivity contribution in [3.8, 4) is 0 Å². The van der Waals surface area contributed by atoms with E-state index < -0.39 is 0 Å². The summed E-state index contributed by atoms with van der Waals surface area (Å²) in [4.78, 5) is 0. The summed E-state index contributed by atoms with van der Waals surface area (Å²) in [7, 11) is 0. The summed E-state index contributed by atoms with van der Waals surface area (Å²) in [6.45, 7) is 7.75. The molecule has 3 N–H and O–H groups in total. The van der Waals surface area contributed by atoms with Crippen LogP contribution in [0.5, 0.6) is 0 Å². The minimum atomic E-state index is -0.124. The third kappa shape index (κ3) is 4.53. The largest absolute Gasteiger partial charge is 0.492 e. The SMILES string of the molecule is CC(C)(C)OCCO[C@H]1COC2=CC(N)=CCC2N1. The second-order valence-corrected chi connectivity index (χ2v) is 5.84. The van der Waals surface area contributed by atoms with E-state index in [4.69, 9.17) is 19.9 Å². The number of fused-ring (bicyclic) bond motifs is 1. The molecule has 1 unspecified atom stereocenters. The molecule has 0 aromatic rings. The van der Waals surface area contributed by atoms with Crippen LogP contribution < -0.4 is 11.1 Å². The van der Waals surface area contributed by atoms with Gasteiger partial charge in [0.25, 0.3) is 0 Å². The van der Waals surface area contributed by atoms with E-state index in [-0.39, 0.29) is 17.9 Å². The molecule has 0 aromatic heterocycles. The maximum atomic E-state index is 5.74. The lowest BCUT2D eigenvalue weighted by atomic mass is 10.0. The van der Waals surface area contributed by atoms with Crippen LogP contribution >= 0.6 is 0 Å². The molecule has 1 aliphatic heterocycles. The van der Waals surface area contributed by atoms with E-state index in [1.807, 2.05) is 32.9 Å². The van der Waals surface area contributed by atoms with E-state index in [0.29, 0.717) is 19.8 Å². The average molecular weight is 268 g/mol. The van der Waals surface area contributed by atoms with Gasteiger partial charge >= 0.3 is 0 Å². The van der Waals surface area contributed by atoms with Crippen LogP contribution in [0.2, 0.25) is 0 Å². The Labute approximate surface area is 114 Å². The van der Waals surface area contributed by atoms with E-state index in [1.54, 1.807) is 0 Å². The van der Waals surface area contributed by atoms with Crippen molar-refractivity contribution in [2.75, 3.05) is 19.8 Å². The van der Waals surface area contributed by atoms with Crippen molar-refractivity contribution < 1.29 is 14.2 Å². The fourth-order valence-corrected chi connectivity index (χ4v) is 2.07. The molecule has 19 heavy (non-hydrogen) atoms. The lowest BCUT2D eigenvalue weighted by Gasteiger charge is -2.34. The topological polar surface area (TPSA) is 65.7 Å². The van der Waals surface area contributed by atoms with Gasteiger partial charge in [0.1, 0.15) is 18.6 Å². The van der Waals surface area contributed by atoms with Gasteiger partial charge in [0, 0.05) is 11.8 Å². The van der Waals surface area contributed by atoms with E-state index in [9.17, 15) is 0 Å². The van der Waals surface area contributed by atoms with Crippen LogP contribution in [0.25, 0.3) is 0 Å². The lowest BCUT2D eigenvalue weighted by molar-refractivity contribution is -0.0883. The van der Waals surface area contributed by atoms with Crippen molar-refractivity contribution >= 4 is 0 Å². The highest BCUT2D eigenvalue weighted by atomic mass is 16.6. The quantitative estimate of drug-likeness (QED) is 0.752. The smallest absolute Gasteiger partial charge is 0.143 e. The van der Waals surface area contributed by atoms with Crippen LogP contribution in [0.4, 0.5) is 0 Å². The van der Waals surface area contributed by atoms with Crippen molar-refractivity contribution in [1.82, 2.24) is 5.32 Å². The van der Waals surface area contributed by atoms with Gasteiger partial charge in [-0.2, -0.15) is 0 Å². The molecule has 0 aromatic carbocycles. The first kappa shape index (κ1) is 14.4. The van der Waals surface area contributed by atoms with Crippen molar-refractivity contribution in [3.05, 3.63) is 23.6 Å². The molecule has 5 nitrogen and oxygen atoms in total. The van der Waals surface area contributed by atoms with E-state index in [0.717, 1.165) is 17.9 Å². The predicted molar refractivity (Wildman–Crippen MR) is 73.3 cm³/mol. The zero-order chi connectivity index (χ0) is 13.9. The van der Waals surface area contributed by atoms with Gasteiger partial charge in [-0.25, -0.2) is 0 Å². The second-order valence-electron chi connectivity index (χ2n) is 5.84. The van der Waals surface area contributed by atoms with Crippen molar-refractivity contribution in [3.63, 3.8) is 0 Å². The van der Waals surface area contributed by atoms with Crippen LogP contribution in [-0.4, -0.2) is 37.7 Å². The maximum absolute atomic E-state index is 5.74. The zero-order valence-electron chi connectivity index (χ0n) is 11.9. The molecule has 0 saturated carbocycles. The molecular weight excluding hydrogens is 244 g/mol. The van der Waals surface area contributed by atoms with Gasteiger partial charge in [-0.1, -0.05) is 6.08 Å². The number of ether oxygens (including phenoxy) is 3. The van der Waals surface area contributed by atoms with Crippen molar-refractivity contribution in [1.29, 1.82) is 0 Å². The highest BCUT2D eigenvalue weighted by Gasteiger charge is 2.28. The minimum Gasteiger partial charge on any atom is -0.492 e. The highest BCUT2D eigenvalue weighted by Crippen LogP contribution is 2.21. The molecule has 0 amide bonds. The molecule has 1 fully saturated rings. The Morgan fingerprint density at radius 2 is 2.21 bits per heavy atom. The van der Waals surface area contributed by atoms with E-state index >= 15 is 0 Å². The number of nitrogens with two attached hydrogens (primary N) is 1. The standard InChI is InChI=1S/C14H24N2O3/c1-14(2,3)19-7-6-17-13-9-18-12-8-10(15)4-5-11(12)16-13/h4,8,11,13,16H,5-7,9,15H2,1-3H3/t11?,13-/m0/s1. The molecule has 2 aliphatic rings. The van der Waals surface area contributed by atoms with Crippen LogP contribution in [0.15, 0.2) is 23.6 Å². The van der Waals surface area contributed by atoms with Gasteiger partial charge in [-0.3, -0.25) is 5.32 Å². The molecule has 1 aliphatic carbocycles. The van der Waals surface area contributed by atoms with E-state index in [2.05, 4.69) is 5.32 Å². The Morgan fingerprint density at radius 3 is 2.95 bits per heavy atom. The van der Waals surface area contributed by atoms with Gasteiger partial charge in [-0.15, -0.1) is 0 Å². The van der Waals surface area contributed by atoms with Crippen LogP contribution in [-0.2, 0) is 14.2 Å². The molecule has 0 radical (unpaired) electrons. The molecule has 1 saturated heterocycles. The van der Waals surface area contributed by atoms with Gasteiger partial charge in [0.2, 0.25) is 0 Å². The first-order valence-electron chi connectivity index (χ1n) is 6.76. The van der Waals surface area contributed by atoms with E-state index in [1.165, 1.54) is 0 Å². The van der Waals surface area contributed by atoms with Crippen molar-refractivity contribution in [2.45, 2.75) is 45.1 Å². The Bertz CT molecular complexity index is 371. The summed E-state index contributed by atoms with van der Waals surface area (Å²) in [6.07, 6.45) is 4.63. The predicted octanol–water partition coefficient (Wildman–Crippen LogP) is 1.26. The summed E-state index contributed by atoms with van der Waals surface area (Å²) >= 11 is 0. The third-order valence-electron chi connectivity index (χ3n) is 2.97. The fraction of sp³-hybridized carbons (Fsp3) is 0.714. The third-order valence-corrected chi connectivity index (χ3v) is 2.97. The number of hydrogen-bond donors (Lipinski definition) is 2. The number of rotatable bonds is 4. The number of morpholine rings is 1. The minimum absolute atomic E-state index is 0.0848. The number of hydrogen-bond acceptors (Lipinski definition) is 5. The van der Waals surface area contributed by atoms with Crippen molar-refractivity contribution in [2.24, 2.45) is 5.73 Å². The molecule has 0 bridgehead atoms. The summed E-state index contributed by atoms with van der Waals surface area (Å²) < 4.78 is 17.0. The Morgan fingerprint density at radius 1 is 1.42 bits per heavy atom. The Kier molecular flexibility index (Phi) is 4.50. The fourth-order valence-electron chi connectivity index (χ4n) is 2.07. The molecule has 2 atom stereocenters. The zero-order valence-corrected chi connectivity index (χ0v) is 11.9. The average Bonchev–Trinajstić information content (AvgIpc) is 2.33. The summed E-state index contributed by atoms with van der Waals surface area (Å²) in [5.74, 6) is 0.908. The summed E-state index contributed by atoms with van der Waals surface area (Å²) in [6, 6.07) is 0.176. The molecule has 2 rings (SSSR count). The number of nitrogens with one attached hydrogen (secondary N) is 1. The Balaban J connectivity index is 1.70. The maximum Gasteiger partial charge on any atom is 0.143 e. The van der Waals surface area contributed by atoms with Gasteiger partial charge in [0.05, 0.1) is 24.9 Å². The van der Waals surface area contributed by atoms with Gasteiger partial charge in [-0.05, 0) is 27.2 Å². The molecule has 5 heteroatoms. The molecule has 0 spiro atoms. The Hall–Kier alpha value is -1.04.